The lowest BCUT2D eigenvalue weighted by Crippen LogP contribution is -2.39. The number of hydrogen-bond acceptors (Lipinski definition) is 4. The van der Waals surface area contributed by atoms with Gasteiger partial charge in [-0.15, -0.1) is 0 Å². The van der Waals surface area contributed by atoms with Crippen molar-refractivity contribution in [3.63, 3.8) is 0 Å². The normalized spacial score (nSPS) is 23.6. The molecule has 0 radical (unpaired) electrons. The van der Waals surface area contributed by atoms with Crippen LogP contribution in [0.5, 0.6) is 0 Å². The zero-order valence-electron chi connectivity index (χ0n) is 11.6. The Morgan fingerprint density at radius 1 is 1.47 bits per heavy atom. The molecule has 1 unspecified atom stereocenters. The third-order valence-electron chi connectivity index (χ3n) is 3.92. The van der Waals surface area contributed by atoms with Crippen molar-refractivity contribution in [1.29, 1.82) is 0 Å². The summed E-state index contributed by atoms with van der Waals surface area (Å²) in [5.74, 6) is 2.43. The molecule has 3 rings (SSSR count). The van der Waals surface area contributed by atoms with E-state index in [0.717, 1.165) is 30.9 Å². The first kappa shape index (κ1) is 13.3. The van der Waals surface area contributed by atoms with Crippen LogP contribution in [-0.2, 0) is 6.54 Å². The van der Waals surface area contributed by atoms with E-state index in [1.54, 1.807) is 0 Å². The molecule has 3 nitrogen and oxygen atoms in total. The van der Waals surface area contributed by atoms with E-state index in [9.17, 15) is 0 Å². The SMILES string of the molecule is CCC1CN(c2ncccc2CNC2CC2)CCS1. The van der Waals surface area contributed by atoms with Gasteiger partial charge >= 0.3 is 0 Å². The van der Waals surface area contributed by atoms with Crippen LogP contribution in [0.2, 0.25) is 0 Å². The highest BCUT2D eigenvalue weighted by molar-refractivity contribution is 8.00. The molecule has 1 atom stereocenters. The molecule has 1 aromatic heterocycles. The zero-order chi connectivity index (χ0) is 13.1. The van der Waals surface area contributed by atoms with Crippen LogP contribution < -0.4 is 10.2 Å². The zero-order valence-corrected chi connectivity index (χ0v) is 12.5. The van der Waals surface area contributed by atoms with E-state index in [1.807, 2.05) is 6.20 Å². The molecule has 4 heteroatoms. The number of thioether (sulfide) groups is 1. The molecule has 0 spiro atoms. The second-order valence-electron chi connectivity index (χ2n) is 5.49. The molecule has 2 fully saturated rings. The molecule has 0 aromatic carbocycles. The number of anilines is 1. The number of hydrogen-bond donors (Lipinski definition) is 1. The predicted molar refractivity (Wildman–Crippen MR) is 82.8 cm³/mol. The number of nitrogens with zero attached hydrogens (tertiary/aromatic N) is 2. The van der Waals surface area contributed by atoms with Crippen LogP contribution >= 0.6 is 11.8 Å². The summed E-state index contributed by atoms with van der Waals surface area (Å²) in [4.78, 5) is 7.13. The van der Waals surface area contributed by atoms with Crippen molar-refractivity contribution in [3.8, 4) is 0 Å². The smallest absolute Gasteiger partial charge is 0.133 e. The molecule has 104 valence electrons. The minimum absolute atomic E-state index is 0.758. The third-order valence-corrected chi connectivity index (χ3v) is 5.29. The summed E-state index contributed by atoms with van der Waals surface area (Å²) in [6.45, 7) is 5.53. The summed E-state index contributed by atoms with van der Waals surface area (Å²) in [6, 6.07) is 5.04. The molecule has 2 heterocycles. The van der Waals surface area contributed by atoms with Gasteiger partial charge in [0.1, 0.15) is 5.82 Å². The van der Waals surface area contributed by atoms with E-state index in [2.05, 4.69) is 46.0 Å². The van der Waals surface area contributed by atoms with Gasteiger partial charge in [-0.1, -0.05) is 13.0 Å². The molecule has 1 aromatic rings. The lowest BCUT2D eigenvalue weighted by atomic mass is 10.2. The fourth-order valence-electron chi connectivity index (χ4n) is 2.55. The van der Waals surface area contributed by atoms with Gasteiger partial charge in [0.2, 0.25) is 0 Å². The monoisotopic (exact) mass is 277 g/mol. The van der Waals surface area contributed by atoms with E-state index in [-0.39, 0.29) is 0 Å². The van der Waals surface area contributed by atoms with Crippen LogP contribution in [0.3, 0.4) is 0 Å². The maximum absolute atomic E-state index is 4.65. The summed E-state index contributed by atoms with van der Waals surface area (Å²) in [7, 11) is 0. The highest BCUT2D eigenvalue weighted by atomic mass is 32.2. The van der Waals surface area contributed by atoms with Gasteiger partial charge in [0.05, 0.1) is 0 Å². The summed E-state index contributed by atoms with van der Waals surface area (Å²) in [5.41, 5.74) is 1.36. The van der Waals surface area contributed by atoms with E-state index >= 15 is 0 Å². The second kappa shape index (κ2) is 6.14. The van der Waals surface area contributed by atoms with Crippen molar-refractivity contribution in [2.75, 3.05) is 23.7 Å². The lowest BCUT2D eigenvalue weighted by molar-refractivity contribution is 0.672. The maximum atomic E-state index is 4.65. The standard InChI is InChI=1S/C15H23N3S/c1-2-14-11-18(8-9-19-14)15-12(4-3-7-16-15)10-17-13-5-6-13/h3-4,7,13-14,17H,2,5-6,8-11H2,1H3. The molecule has 1 saturated carbocycles. The first-order chi connectivity index (χ1) is 9.36. The van der Waals surface area contributed by atoms with Crippen molar-refractivity contribution in [2.45, 2.75) is 44.0 Å². The average Bonchev–Trinajstić information content (AvgIpc) is 3.30. The van der Waals surface area contributed by atoms with Crippen molar-refractivity contribution in [1.82, 2.24) is 10.3 Å². The quantitative estimate of drug-likeness (QED) is 0.895. The fraction of sp³-hybridized carbons (Fsp3) is 0.667. The summed E-state index contributed by atoms with van der Waals surface area (Å²) in [5, 5.41) is 4.37. The Bertz CT molecular complexity index is 420. The average molecular weight is 277 g/mol. The van der Waals surface area contributed by atoms with Crippen molar-refractivity contribution < 1.29 is 0 Å². The highest BCUT2D eigenvalue weighted by Gasteiger charge is 2.23. The molecular weight excluding hydrogens is 254 g/mol. The number of nitrogens with one attached hydrogen (secondary N) is 1. The first-order valence-electron chi connectivity index (χ1n) is 7.40. The fourth-order valence-corrected chi connectivity index (χ4v) is 3.73. The van der Waals surface area contributed by atoms with E-state index in [4.69, 9.17) is 0 Å². The molecule has 1 aliphatic heterocycles. The first-order valence-corrected chi connectivity index (χ1v) is 8.45. The summed E-state index contributed by atoms with van der Waals surface area (Å²) < 4.78 is 0. The molecular formula is C15H23N3S. The van der Waals surface area contributed by atoms with Gasteiger partial charge in [0.15, 0.2) is 0 Å². The molecule has 1 aliphatic carbocycles. The van der Waals surface area contributed by atoms with Crippen LogP contribution in [0.25, 0.3) is 0 Å². The van der Waals surface area contributed by atoms with Crippen molar-refractivity contribution in [2.24, 2.45) is 0 Å². The van der Waals surface area contributed by atoms with E-state index in [0.29, 0.717) is 0 Å². The second-order valence-corrected chi connectivity index (χ2v) is 6.90. The topological polar surface area (TPSA) is 28.2 Å². The Morgan fingerprint density at radius 3 is 3.16 bits per heavy atom. The van der Waals surface area contributed by atoms with Gasteiger partial charge in [0.25, 0.3) is 0 Å². The number of aromatic nitrogens is 1. The van der Waals surface area contributed by atoms with Gasteiger partial charge in [-0.05, 0) is 25.3 Å². The van der Waals surface area contributed by atoms with Crippen molar-refractivity contribution in [3.05, 3.63) is 23.9 Å². The predicted octanol–water partition coefficient (Wildman–Crippen LogP) is 2.67. The van der Waals surface area contributed by atoms with Crippen LogP contribution in [0.1, 0.15) is 31.7 Å². The molecule has 0 bridgehead atoms. The Kier molecular flexibility index (Phi) is 4.28. The Morgan fingerprint density at radius 2 is 2.37 bits per heavy atom. The van der Waals surface area contributed by atoms with Gasteiger partial charge in [-0.25, -0.2) is 4.98 Å². The van der Waals surface area contributed by atoms with Crippen molar-refractivity contribution >= 4 is 17.6 Å². The van der Waals surface area contributed by atoms with Crippen LogP contribution in [0.15, 0.2) is 18.3 Å². The Hall–Kier alpha value is -0.740. The van der Waals surface area contributed by atoms with E-state index < -0.39 is 0 Å². The molecule has 1 N–H and O–H groups in total. The summed E-state index contributed by atoms with van der Waals surface area (Å²) in [6.07, 6.45) is 5.87. The third kappa shape index (κ3) is 3.42. The minimum Gasteiger partial charge on any atom is -0.354 e. The van der Waals surface area contributed by atoms with E-state index in [1.165, 1.54) is 36.4 Å². The number of rotatable bonds is 5. The summed E-state index contributed by atoms with van der Waals surface area (Å²) >= 11 is 2.11. The van der Waals surface area contributed by atoms with Crippen LogP contribution in [0, 0.1) is 0 Å². The van der Waals surface area contributed by atoms with Gasteiger partial charge in [0, 0.05) is 48.4 Å². The molecule has 19 heavy (non-hydrogen) atoms. The largest absolute Gasteiger partial charge is 0.354 e. The highest BCUT2D eigenvalue weighted by Crippen LogP contribution is 2.27. The minimum atomic E-state index is 0.758. The molecule has 0 amide bonds. The maximum Gasteiger partial charge on any atom is 0.133 e. The van der Waals surface area contributed by atoms with Gasteiger partial charge in [-0.3, -0.25) is 0 Å². The Balaban J connectivity index is 1.70. The lowest BCUT2D eigenvalue weighted by Gasteiger charge is -2.34. The van der Waals surface area contributed by atoms with Crippen LogP contribution in [0.4, 0.5) is 5.82 Å². The molecule has 1 saturated heterocycles. The molecule has 2 aliphatic rings. The Labute approximate surface area is 120 Å². The van der Waals surface area contributed by atoms with Gasteiger partial charge < -0.3 is 10.2 Å². The van der Waals surface area contributed by atoms with Gasteiger partial charge in [-0.2, -0.15) is 11.8 Å². The number of pyridine rings is 1. The van der Waals surface area contributed by atoms with Crippen LogP contribution in [-0.4, -0.2) is 35.1 Å².